The third-order valence-corrected chi connectivity index (χ3v) is 4.93. The molecule has 0 saturated carbocycles. The fourth-order valence-electron chi connectivity index (χ4n) is 2.85. The fourth-order valence-corrected chi connectivity index (χ4v) is 3.69. The van der Waals surface area contributed by atoms with Crippen LogP contribution in [0.3, 0.4) is 0 Å². The van der Waals surface area contributed by atoms with Crippen LogP contribution in [-0.4, -0.2) is 27.2 Å². The van der Waals surface area contributed by atoms with Gasteiger partial charge in [-0.1, -0.05) is 6.08 Å². The largest absolute Gasteiger partial charge is 0.318 e. The summed E-state index contributed by atoms with van der Waals surface area (Å²) in [7, 11) is 0. The van der Waals surface area contributed by atoms with Gasteiger partial charge in [-0.2, -0.15) is 0 Å². The van der Waals surface area contributed by atoms with Crippen LogP contribution in [0.4, 0.5) is 9.18 Å². The molecule has 4 nitrogen and oxygen atoms in total. The van der Waals surface area contributed by atoms with Gasteiger partial charge in [0, 0.05) is 23.6 Å². The molecule has 1 fully saturated rings. The molecule has 2 heterocycles. The summed E-state index contributed by atoms with van der Waals surface area (Å²) >= 11 is 0.930. The molecular weight excluding hydrogens is 339 g/mol. The first kappa shape index (κ1) is 17.2. The molecule has 2 aromatic rings. The van der Waals surface area contributed by atoms with Crippen molar-refractivity contribution in [1.29, 1.82) is 0 Å². The third-order valence-electron chi connectivity index (χ3n) is 4.03. The van der Waals surface area contributed by atoms with Gasteiger partial charge >= 0.3 is 0 Å². The average molecular weight is 356 g/mol. The third kappa shape index (κ3) is 3.17. The second-order valence-corrected chi connectivity index (χ2v) is 6.71. The molecule has 2 amide bonds. The van der Waals surface area contributed by atoms with Gasteiger partial charge in [-0.05, 0) is 67.6 Å². The van der Waals surface area contributed by atoms with Crippen LogP contribution in [0, 0.1) is 19.7 Å². The highest BCUT2D eigenvalue weighted by Crippen LogP contribution is 2.33. The van der Waals surface area contributed by atoms with E-state index in [-0.39, 0.29) is 23.5 Å². The van der Waals surface area contributed by atoms with Crippen LogP contribution in [0.5, 0.6) is 0 Å². The monoisotopic (exact) mass is 356 g/mol. The minimum Gasteiger partial charge on any atom is -0.318 e. The van der Waals surface area contributed by atoms with Gasteiger partial charge in [0.1, 0.15) is 5.82 Å². The minimum atomic E-state index is -0.304. The molecular formula is C19H17FN2O2S. The van der Waals surface area contributed by atoms with E-state index in [9.17, 15) is 14.0 Å². The van der Waals surface area contributed by atoms with Crippen molar-refractivity contribution >= 4 is 29.0 Å². The van der Waals surface area contributed by atoms with Crippen molar-refractivity contribution in [3.8, 4) is 5.69 Å². The summed E-state index contributed by atoms with van der Waals surface area (Å²) in [5.74, 6) is -0.594. The number of thioether (sulfide) groups is 1. The molecule has 0 unspecified atom stereocenters. The van der Waals surface area contributed by atoms with Gasteiger partial charge < -0.3 is 4.57 Å². The first-order valence-electron chi connectivity index (χ1n) is 7.73. The molecule has 0 atom stereocenters. The van der Waals surface area contributed by atoms with Crippen molar-refractivity contribution < 1.29 is 14.0 Å². The molecule has 1 aromatic heterocycles. The molecule has 1 aliphatic rings. The van der Waals surface area contributed by atoms with Crippen LogP contribution in [0.1, 0.15) is 17.0 Å². The maximum Gasteiger partial charge on any atom is 0.293 e. The summed E-state index contributed by atoms with van der Waals surface area (Å²) in [6.07, 6.45) is 3.26. The maximum atomic E-state index is 13.2. The summed E-state index contributed by atoms with van der Waals surface area (Å²) in [6, 6.07) is 8.18. The zero-order valence-corrected chi connectivity index (χ0v) is 14.8. The summed E-state index contributed by atoms with van der Waals surface area (Å²) in [5.41, 5.74) is 3.57. The first-order chi connectivity index (χ1) is 11.9. The number of nitrogens with zero attached hydrogens (tertiary/aromatic N) is 2. The molecule has 3 rings (SSSR count). The zero-order chi connectivity index (χ0) is 18.1. The normalized spacial score (nSPS) is 16.1. The van der Waals surface area contributed by atoms with Crippen molar-refractivity contribution in [2.75, 3.05) is 6.54 Å². The summed E-state index contributed by atoms with van der Waals surface area (Å²) in [4.78, 5) is 25.8. The van der Waals surface area contributed by atoms with Crippen molar-refractivity contribution in [2.24, 2.45) is 0 Å². The smallest absolute Gasteiger partial charge is 0.293 e. The number of hydrogen-bond acceptors (Lipinski definition) is 3. The maximum absolute atomic E-state index is 13.2. The second-order valence-electron chi connectivity index (χ2n) is 5.72. The van der Waals surface area contributed by atoms with Gasteiger partial charge in [-0.15, -0.1) is 6.58 Å². The highest BCUT2D eigenvalue weighted by Gasteiger charge is 2.34. The zero-order valence-electron chi connectivity index (χ0n) is 14.0. The van der Waals surface area contributed by atoms with Crippen molar-refractivity contribution in [1.82, 2.24) is 9.47 Å². The molecule has 1 aromatic carbocycles. The Bertz CT molecular complexity index is 897. The number of hydrogen-bond donors (Lipinski definition) is 0. The summed E-state index contributed by atoms with van der Waals surface area (Å²) in [6.45, 7) is 7.64. The fraction of sp³-hybridized carbons (Fsp3) is 0.158. The Balaban J connectivity index is 1.99. The van der Waals surface area contributed by atoms with Gasteiger partial charge in [0.25, 0.3) is 11.1 Å². The molecule has 1 aliphatic heterocycles. The predicted octanol–water partition coefficient (Wildman–Crippen LogP) is 4.46. The van der Waals surface area contributed by atoms with E-state index in [1.54, 1.807) is 18.2 Å². The molecule has 0 bridgehead atoms. The number of benzene rings is 1. The Labute approximate surface area is 149 Å². The van der Waals surface area contributed by atoms with Crippen molar-refractivity contribution in [3.63, 3.8) is 0 Å². The van der Waals surface area contributed by atoms with E-state index in [0.29, 0.717) is 4.91 Å². The highest BCUT2D eigenvalue weighted by molar-refractivity contribution is 8.18. The van der Waals surface area contributed by atoms with E-state index in [4.69, 9.17) is 0 Å². The minimum absolute atomic E-state index is 0.205. The molecule has 1 saturated heterocycles. The number of halogens is 1. The van der Waals surface area contributed by atoms with E-state index in [0.717, 1.165) is 34.4 Å². The summed E-state index contributed by atoms with van der Waals surface area (Å²) in [5, 5.41) is -0.288. The molecule has 128 valence electrons. The van der Waals surface area contributed by atoms with Crippen LogP contribution in [0.25, 0.3) is 11.8 Å². The number of rotatable bonds is 4. The van der Waals surface area contributed by atoms with Crippen LogP contribution < -0.4 is 0 Å². The SMILES string of the molecule is C=CCN1C(=O)S/C(=C/c2cc(C)n(-c3ccc(F)cc3)c2C)C1=O. The predicted molar refractivity (Wildman–Crippen MR) is 98.1 cm³/mol. The average Bonchev–Trinajstić information content (AvgIpc) is 3.00. The summed E-state index contributed by atoms with van der Waals surface area (Å²) < 4.78 is 15.1. The first-order valence-corrected chi connectivity index (χ1v) is 8.55. The van der Waals surface area contributed by atoms with E-state index < -0.39 is 0 Å². The highest BCUT2D eigenvalue weighted by atomic mass is 32.2. The number of carbonyl (C=O) groups is 2. The Hall–Kier alpha value is -2.60. The topological polar surface area (TPSA) is 42.3 Å². The standard InChI is InChI=1S/C19H17FN2O2S/c1-4-9-21-18(23)17(25-19(21)24)11-14-10-12(2)22(13(14)3)16-7-5-15(20)6-8-16/h4-8,10-11H,1,9H2,2-3H3/b17-11+. The number of aromatic nitrogens is 1. The van der Waals surface area contributed by atoms with Gasteiger partial charge in [0.05, 0.1) is 4.91 Å². The van der Waals surface area contributed by atoms with Crippen LogP contribution in [0.15, 0.2) is 47.9 Å². The molecule has 0 radical (unpaired) electrons. The lowest BCUT2D eigenvalue weighted by Crippen LogP contribution is -2.27. The van der Waals surface area contributed by atoms with E-state index in [1.807, 2.05) is 24.5 Å². The van der Waals surface area contributed by atoms with E-state index >= 15 is 0 Å². The Morgan fingerprint density at radius 1 is 1.20 bits per heavy atom. The van der Waals surface area contributed by atoms with Gasteiger partial charge in [0.2, 0.25) is 0 Å². The lowest BCUT2D eigenvalue weighted by molar-refractivity contribution is -0.122. The lowest BCUT2D eigenvalue weighted by Gasteiger charge is -2.09. The molecule has 0 spiro atoms. The number of amides is 2. The quantitative estimate of drug-likeness (QED) is 0.600. The lowest BCUT2D eigenvalue weighted by atomic mass is 10.2. The molecule has 0 N–H and O–H groups in total. The molecule has 25 heavy (non-hydrogen) atoms. The van der Waals surface area contributed by atoms with Gasteiger partial charge in [-0.25, -0.2) is 4.39 Å². The Morgan fingerprint density at radius 3 is 2.52 bits per heavy atom. The van der Waals surface area contributed by atoms with Crippen molar-refractivity contribution in [3.05, 3.63) is 70.7 Å². The molecule has 0 aliphatic carbocycles. The number of aryl methyl sites for hydroxylation is 1. The molecule has 6 heteroatoms. The van der Waals surface area contributed by atoms with E-state index in [1.165, 1.54) is 23.1 Å². The van der Waals surface area contributed by atoms with Crippen LogP contribution >= 0.6 is 11.8 Å². The number of imide groups is 1. The Morgan fingerprint density at radius 2 is 1.88 bits per heavy atom. The van der Waals surface area contributed by atoms with Gasteiger partial charge in [-0.3, -0.25) is 14.5 Å². The Kier molecular flexibility index (Phi) is 4.63. The van der Waals surface area contributed by atoms with E-state index in [2.05, 4.69) is 6.58 Å². The van der Waals surface area contributed by atoms with Crippen molar-refractivity contribution in [2.45, 2.75) is 13.8 Å². The van der Waals surface area contributed by atoms with Crippen LogP contribution in [0.2, 0.25) is 0 Å². The second kappa shape index (κ2) is 6.72. The number of carbonyl (C=O) groups excluding carboxylic acids is 2. The van der Waals surface area contributed by atoms with Gasteiger partial charge in [0.15, 0.2) is 0 Å². The van der Waals surface area contributed by atoms with Crippen LogP contribution in [-0.2, 0) is 4.79 Å².